The van der Waals surface area contributed by atoms with Crippen molar-refractivity contribution in [3.63, 3.8) is 0 Å². The molecule has 1 aromatic rings. The first-order valence-corrected chi connectivity index (χ1v) is 5.62. The van der Waals surface area contributed by atoms with Crippen LogP contribution in [0, 0.1) is 0 Å². The number of nitrogens with one attached hydrogen (secondary N) is 1. The lowest BCUT2D eigenvalue weighted by Crippen LogP contribution is -2.35. The van der Waals surface area contributed by atoms with E-state index in [2.05, 4.69) is 41.3 Å². The standard InChI is InChI=1S/C12H19N3.ClH/c1-10(12-5-3-4-7-14-12)15(2)11-6-8-13-9-11;/h3-5,7,10-11,13H,6,8-9H2,1-2H3;1H/t10?,11-;/m0./s1. The van der Waals surface area contributed by atoms with Crippen molar-refractivity contribution in [2.24, 2.45) is 0 Å². The van der Waals surface area contributed by atoms with Gasteiger partial charge in [0.1, 0.15) is 0 Å². The van der Waals surface area contributed by atoms with Crippen molar-refractivity contribution < 1.29 is 0 Å². The van der Waals surface area contributed by atoms with E-state index in [-0.39, 0.29) is 12.4 Å². The molecule has 1 saturated heterocycles. The third-order valence-corrected chi connectivity index (χ3v) is 3.34. The number of likely N-dealkylation sites (N-methyl/N-ethyl adjacent to an activating group) is 1. The average molecular weight is 242 g/mol. The Morgan fingerprint density at radius 1 is 1.50 bits per heavy atom. The summed E-state index contributed by atoms with van der Waals surface area (Å²) >= 11 is 0. The number of halogens is 1. The fourth-order valence-electron chi connectivity index (χ4n) is 2.13. The Labute approximate surface area is 104 Å². The number of nitrogens with zero attached hydrogens (tertiary/aromatic N) is 2. The van der Waals surface area contributed by atoms with E-state index < -0.39 is 0 Å². The summed E-state index contributed by atoms with van der Waals surface area (Å²) < 4.78 is 0. The topological polar surface area (TPSA) is 28.2 Å². The summed E-state index contributed by atoms with van der Waals surface area (Å²) in [5.74, 6) is 0. The van der Waals surface area contributed by atoms with Crippen LogP contribution < -0.4 is 5.32 Å². The minimum absolute atomic E-state index is 0. The molecule has 90 valence electrons. The molecule has 2 rings (SSSR count). The molecule has 2 heterocycles. The highest BCUT2D eigenvalue weighted by Crippen LogP contribution is 2.20. The smallest absolute Gasteiger partial charge is 0.0572 e. The van der Waals surface area contributed by atoms with Crippen molar-refractivity contribution in [2.45, 2.75) is 25.4 Å². The number of pyridine rings is 1. The third kappa shape index (κ3) is 2.94. The highest BCUT2D eigenvalue weighted by atomic mass is 35.5. The van der Waals surface area contributed by atoms with Gasteiger partial charge in [-0.3, -0.25) is 9.88 Å². The molecule has 4 heteroatoms. The van der Waals surface area contributed by atoms with E-state index in [1.807, 2.05) is 12.3 Å². The summed E-state index contributed by atoms with van der Waals surface area (Å²) in [4.78, 5) is 6.83. The maximum atomic E-state index is 4.41. The highest BCUT2D eigenvalue weighted by molar-refractivity contribution is 5.85. The number of aromatic nitrogens is 1. The molecular weight excluding hydrogens is 222 g/mol. The maximum Gasteiger partial charge on any atom is 0.0572 e. The first kappa shape index (κ1) is 13.4. The summed E-state index contributed by atoms with van der Waals surface area (Å²) in [5.41, 5.74) is 1.16. The van der Waals surface area contributed by atoms with Gasteiger partial charge in [-0.25, -0.2) is 0 Å². The molecule has 16 heavy (non-hydrogen) atoms. The molecule has 0 bridgehead atoms. The summed E-state index contributed by atoms with van der Waals surface area (Å²) in [6.07, 6.45) is 3.11. The van der Waals surface area contributed by atoms with Crippen LogP contribution in [0.25, 0.3) is 0 Å². The molecule has 1 aliphatic rings. The fourth-order valence-corrected chi connectivity index (χ4v) is 2.13. The Bertz CT molecular complexity index is 298. The average Bonchev–Trinajstić information content (AvgIpc) is 2.82. The van der Waals surface area contributed by atoms with Crippen LogP contribution in [0.3, 0.4) is 0 Å². The van der Waals surface area contributed by atoms with Gasteiger partial charge in [0.15, 0.2) is 0 Å². The molecule has 1 unspecified atom stereocenters. The van der Waals surface area contributed by atoms with E-state index in [9.17, 15) is 0 Å². The molecule has 1 aliphatic heterocycles. The summed E-state index contributed by atoms with van der Waals surface area (Å²) in [7, 11) is 2.19. The normalized spacial score (nSPS) is 21.8. The molecule has 0 saturated carbocycles. The largest absolute Gasteiger partial charge is 0.315 e. The Balaban J connectivity index is 0.00000128. The second-order valence-corrected chi connectivity index (χ2v) is 4.24. The van der Waals surface area contributed by atoms with Crippen LogP contribution in [-0.2, 0) is 0 Å². The first-order valence-electron chi connectivity index (χ1n) is 5.62. The van der Waals surface area contributed by atoms with Crippen LogP contribution in [-0.4, -0.2) is 36.1 Å². The Morgan fingerprint density at radius 3 is 2.88 bits per heavy atom. The van der Waals surface area contributed by atoms with E-state index in [1.54, 1.807) is 0 Å². The van der Waals surface area contributed by atoms with Gasteiger partial charge in [0.25, 0.3) is 0 Å². The lowest BCUT2D eigenvalue weighted by molar-refractivity contribution is 0.193. The molecule has 0 radical (unpaired) electrons. The van der Waals surface area contributed by atoms with Gasteiger partial charge in [0, 0.05) is 24.8 Å². The minimum atomic E-state index is 0. The van der Waals surface area contributed by atoms with Gasteiger partial charge in [0.2, 0.25) is 0 Å². The Kier molecular flexibility index (Phi) is 5.19. The van der Waals surface area contributed by atoms with E-state index >= 15 is 0 Å². The minimum Gasteiger partial charge on any atom is -0.315 e. The van der Waals surface area contributed by atoms with Crippen molar-refractivity contribution in [2.75, 3.05) is 20.1 Å². The zero-order valence-corrected chi connectivity index (χ0v) is 10.7. The van der Waals surface area contributed by atoms with Gasteiger partial charge in [-0.1, -0.05) is 6.07 Å². The van der Waals surface area contributed by atoms with Gasteiger partial charge in [-0.05, 0) is 39.1 Å². The van der Waals surface area contributed by atoms with Crippen LogP contribution in [0.4, 0.5) is 0 Å². The van der Waals surface area contributed by atoms with Crippen LogP contribution >= 0.6 is 12.4 Å². The molecule has 3 nitrogen and oxygen atoms in total. The van der Waals surface area contributed by atoms with Gasteiger partial charge < -0.3 is 5.32 Å². The summed E-state index contributed by atoms with van der Waals surface area (Å²) in [5, 5.41) is 3.40. The van der Waals surface area contributed by atoms with Crippen LogP contribution in [0.1, 0.15) is 25.1 Å². The molecule has 1 fully saturated rings. The molecule has 0 spiro atoms. The number of hydrogen-bond acceptors (Lipinski definition) is 3. The third-order valence-electron chi connectivity index (χ3n) is 3.34. The SMILES string of the molecule is CC(c1ccccn1)N(C)[C@H]1CCNC1.Cl. The number of hydrogen-bond donors (Lipinski definition) is 1. The van der Waals surface area contributed by atoms with E-state index in [0.717, 1.165) is 18.8 Å². The lowest BCUT2D eigenvalue weighted by atomic mass is 10.1. The zero-order chi connectivity index (χ0) is 10.7. The van der Waals surface area contributed by atoms with E-state index in [0.29, 0.717) is 12.1 Å². The Hall–Kier alpha value is -0.640. The zero-order valence-electron chi connectivity index (χ0n) is 9.89. The molecule has 1 N–H and O–H groups in total. The van der Waals surface area contributed by atoms with Gasteiger partial charge in [-0.2, -0.15) is 0 Å². The van der Waals surface area contributed by atoms with Gasteiger partial charge in [0.05, 0.1) is 5.69 Å². The van der Waals surface area contributed by atoms with Gasteiger partial charge >= 0.3 is 0 Å². The first-order chi connectivity index (χ1) is 7.29. The van der Waals surface area contributed by atoms with Crippen molar-refractivity contribution in [3.8, 4) is 0 Å². The predicted molar refractivity (Wildman–Crippen MR) is 68.9 cm³/mol. The fraction of sp³-hybridized carbons (Fsp3) is 0.583. The monoisotopic (exact) mass is 241 g/mol. The number of rotatable bonds is 3. The molecule has 1 aromatic heterocycles. The highest BCUT2D eigenvalue weighted by Gasteiger charge is 2.24. The maximum absolute atomic E-state index is 4.41. The molecule has 0 aliphatic carbocycles. The van der Waals surface area contributed by atoms with Crippen molar-refractivity contribution >= 4 is 12.4 Å². The van der Waals surface area contributed by atoms with Crippen molar-refractivity contribution in [1.82, 2.24) is 15.2 Å². The van der Waals surface area contributed by atoms with Crippen molar-refractivity contribution in [1.29, 1.82) is 0 Å². The van der Waals surface area contributed by atoms with Crippen LogP contribution in [0.2, 0.25) is 0 Å². The second kappa shape index (κ2) is 6.18. The van der Waals surface area contributed by atoms with Gasteiger partial charge in [-0.15, -0.1) is 12.4 Å². The molecule has 0 amide bonds. The quantitative estimate of drug-likeness (QED) is 0.876. The summed E-state index contributed by atoms with van der Waals surface area (Å²) in [6.45, 7) is 4.47. The molecular formula is C12H20ClN3. The second-order valence-electron chi connectivity index (χ2n) is 4.24. The van der Waals surface area contributed by atoms with Crippen LogP contribution in [0.15, 0.2) is 24.4 Å². The van der Waals surface area contributed by atoms with Crippen LogP contribution in [0.5, 0.6) is 0 Å². The molecule has 0 aromatic carbocycles. The van der Waals surface area contributed by atoms with E-state index in [1.165, 1.54) is 6.42 Å². The molecule has 2 atom stereocenters. The summed E-state index contributed by atoms with van der Waals surface area (Å²) in [6, 6.07) is 7.18. The lowest BCUT2D eigenvalue weighted by Gasteiger charge is -2.29. The predicted octanol–water partition coefficient (Wildman–Crippen LogP) is 1.86. The van der Waals surface area contributed by atoms with Crippen molar-refractivity contribution in [3.05, 3.63) is 30.1 Å². The van der Waals surface area contributed by atoms with E-state index in [4.69, 9.17) is 0 Å². The Morgan fingerprint density at radius 2 is 2.31 bits per heavy atom.